The Hall–Kier alpha value is -2.96. The molecule has 0 atom stereocenters. The van der Waals surface area contributed by atoms with Crippen molar-refractivity contribution in [3.63, 3.8) is 0 Å². The first-order valence-corrected chi connectivity index (χ1v) is 8.67. The van der Waals surface area contributed by atoms with Crippen LogP contribution >= 0.6 is 0 Å². The molecule has 7 nitrogen and oxygen atoms in total. The molecule has 1 aromatic rings. The van der Waals surface area contributed by atoms with Gasteiger partial charge < -0.3 is 25.1 Å². The molecule has 0 bridgehead atoms. The number of hydrogen-bond acceptors (Lipinski definition) is 7. The number of nitrogens with two attached hydrogens (primary N) is 1. The van der Waals surface area contributed by atoms with Gasteiger partial charge in [-0.05, 0) is 44.5 Å². The van der Waals surface area contributed by atoms with E-state index in [1.54, 1.807) is 6.08 Å². The van der Waals surface area contributed by atoms with Gasteiger partial charge in [0.05, 0.1) is 7.11 Å². The van der Waals surface area contributed by atoms with Crippen molar-refractivity contribution in [1.29, 1.82) is 0 Å². The summed E-state index contributed by atoms with van der Waals surface area (Å²) in [7, 11) is 1.53. The third-order valence-corrected chi connectivity index (χ3v) is 4.50. The van der Waals surface area contributed by atoms with E-state index < -0.39 is 5.97 Å². The van der Waals surface area contributed by atoms with E-state index >= 15 is 0 Å². The molecule has 7 heteroatoms. The second-order valence-electron chi connectivity index (χ2n) is 6.28. The van der Waals surface area contributed by atoms with E-state index in [0.29, 0.717) is 29.7 Å². The third kappa shape index (κ3) is 4.61. The molecular weight excluding hydrogens is 350 g/mol. The van der Waals surface area contributed by atoms with Crippen molar-refractivity contribution in [1.82, 2.24) is 0 Å². The molecule has 0 radical (unpaired) electrons. The first-order valence-electron chi connectivity index (χ1n) is 8.67. The summed E-state index contributed by atoms with van der Waals surface area (Å²) in [6.07, 6.45) is 5.92. The average Bonchev–Trinajstić information content (AvgIpc) is 3.04. The van der Waals surface area contributed by atoms with Crippen LogP contribution in [0.25, 0.3) is 0 Å². The Balaban J connectivity index is 2.12. The lowest BCUT2D eigenvalue weighted by Gasteiger charge is -2.15. The summed E-state index contributed by atoms with van der Waals surface area (Å²) < 4.78 is 15.5. The summed E-state index contributed by atoms with van der Waals surface area (Å²) in [4.78, 5) is 23.5. The van der Waals surface area contributed by atoms with Gasteiger partial charge in [0.1, 0.15) is 30.3 Å². The summed E-state index contributed by atoms with van der Waals surface area (Å²) in [6.45, 7) is 4.03. The predicted molar refractivity (Wildman–Crippen MR) is 99.5 cm³/mol. The summed E-state index contributed by atoms with van der Waals surface area (Å²) in [6, 6.07) is 0. The van der Waals surface area contributed by atoms with Crippen LogP contribution in [0.3, 0.4) is 0 Å². The van der Waals surface area contributed by atoms with Gasteiger partial charge in [0.15, 0.2) is 0 Å². The number of carbonyl (C=O) groups is 2. The van der Waals surface area contributed by atoms with E-state index in [9.17, 15) is 14.7 Å². The maximum absolute atomic E-state index is 11.9. The van der Waals surface area contributed by atoms with Crippen LogP contribution in [0.5, 0.6) is 11.5 Å². The summed E-state index contributed by atoms with van der Waals surface area (Å²) >= 11 is 0. The highest BCUT2D eigenvalue weighted by Gasteiger charge is 2.31. The van der Waals surface area contributed by atoms with Crippen LogP contribution in [0.2, 0.25) is 0 Å². The summed E-state index contributed by atoms with van der Waals surface area (Å²) in [5, 5.41) is 10.6. The lowest BCUT2D eigenvalue weighted by molar-refractivity contribution is -0.142. The highest BCUT2D eigenvalue weighted by Crippen LogP contribution is 2.42. The first-order chi connectivity index (χ1) is 12.9. The van der Waals surface area contributed by atoms with Gasteiger partial charge in [-0.25, -0.2) is 4.79 Å². The molecule has 0 aliphatic carbocycles. The Labute approximate surface area is 158 Å². The van der Waals surface area contributed by atoms with Crippen LogP contribution in [0.15, 0.2) is 23.9 Å². The standard InChI is InChI=1S/C20H25NO6/c1-12(6-8-16(22)26-10-4-9-21)5-7-14-18(23)17-15(11-27-20(17)24)13(2)19(14)25-3/h4-5,9,23H,6-8,10-11,21H2,1-3H3. The Morgan fingerprint density at radius 2 is 2.11 bits per heavy atom. The third-order valence-electron chi connectivity index (χ3n) is 4.50. The number of phenolic OH excluding ortho intramolecular Hbond substituents is 1. The molecule has 1 heterocycles. The number of allylic oxidation sites excluding steroid dienone is 2. The molecule has 2 rings (SSSR count). The fraction of sp³-hybridized carbons (Fsp3) is 0.400. The van der Waals surface area contributed by atoms with E-state index in [1.165, 1.54) is 13.3 Å². The quantitative estimate of drug-likeness (QED) is 0.531. The van der Waals surface area contributed by atoms with Crippen LogP contribution in [0, 0.1) is 6.92 Å². The van der Waals surface area contributed by atoms with Crippen LogP contribution in [0.4, 0.5) is 0 Å². The SMILES string of the molecule is COc1c(C)c2c(c(O)c1CC=C(C)CCC(=O)OCC=CN)C(=O)OC2. The molecule has 0 fully saturated rings. The fourth-order valence-corrected chi connectivity index (χ4v) is 2.97. The number of phenols is 1. The highest BCUT2D eigenvalue weighted by molar-refractivity contribution is 5.98. The molecule has 1 aliphatic rings. The van der Waals surface area contributed by atoms with Crippen molar-refractivity contribution in [3.8, 4) is 11.5 Å². The maximum Gasteiger partial charge on any atom is 0.342 e. The molecule has 3 N–H and O–H groups in total. The number of rotatable bonds is 8. The zero-order valence-electron chi connectivity index (χ0n) is 15.8. The molecule has 0 amide bonds. The van der Waals surface area contributed by atoms with E-state index in [1.807, 2.05) is 19.9 Å². The maximum atomic E-state index is 11.9. The minimum atomic E-state index is -0.524. The Morgan fingerprint density at radius 1 is 1.37 bits per heavy atom. The number of fused-ring (bicyclic) bond motifs is 1. The van der Waals surface area contributed by atoms with Crippen molar-refractivity contribution >= 4 is 11.9 Å². The average molecular weight is 375 g/mol. The van der Waals surface area contributed by atoms with E-state index in [4.69, 9.17) is 19.9 Å². The van der Waals surface area contributed by atoms with Crippen LogP contribution in [0.1, 0.15) is 46.8 Å². The number of hydrogen-bond donors (Lipinski definition) is 2. The van der Waals surface area contributed by atoms with Crippen LogP contribution in [-0.2, 0) is 27.3 Å². The normalized spacial score (nSPS) is 13.6. The van der Waals surface area contributed by atoms with E-state index in [-0.39, 0.29) is 36.9 Å². The molecule has 146 valence electrons. The smallest absolute Gasteiger partial charge is 0.342 e. The summed E-state index contributed by atoms with van der Waals surface area (Å²) in [5.74, 6) is -0.393. The molecule has 0 unspecified atom stereocenters. The van der Waals surface area contributed by atoms with Crippen molar-refractivity contribution in [2.24, 2.45) is 5.73 Å². The van der Waals surface area contributed by atoms with Gasteiger partial charge in [0, 0.05) is 17.5 Å². The number of benzene rings is 1. The zero-order chi connectivity index (χ0) is 20.0. The second kappa shape index (κ2) is 9.12. The van der Waals surface area contributed by atoms with Crippen molar-refractivity contribution in [2.75, 3.05) is 13.7 Å². The summed E-state index contributed by atoms with van der Waals surface area (Å²) in [5.41, 5.74) is 8.33. The zero-order valence-corrected chi connectivity index (χ0v) is 15.8. The largest absolute Gasteiger partial charge is 0.507 e. The van der Waals surface area contributed by atoms with Gasteiger partial charge in [0.2, 0.25) is 0 Å². The van der Waals surface area contributed by atoms with Gasteiger partial charge in [-0.2, -0.15) is 0 Å². The highest BCUT2D eigenvalue weighted by atomic mass is 16.5. The lowest BCUT2D eigenvalue weighted by atomic mass is 9.94. The van der Waals surface area contributed by atoms with Crippen LogP contribution < -0.4 is 10.5 Å². The Bertz CT molecular complexity index is 794. The molecule has 0 saturated carbocycles. The first kappa shape index (κ1) is 20.4. The minimum absolute atomic E-state index is 0.105. The molecular formula is C20H25NO6. The lowest BCUT2D eigenvalue weighted by Crippen LogP contribution is -2.05. The van der Waals surface area contributed by atoms with Gasteiger partial charge >= 0.3 is 11.9 Å². The van der Waals surface area contributed by atoms with Gasteiger partial charge in [-0.3, -0.25) is 4.79 Å². The van der Waals surface area contributed by atoms with E-state index in [0.717, 1.165) is 11.1 Å². The number of carbonyl (C=O) groups excluding carboxylic acids is 2. The minimum Gasteiger partial charge on any atom is -0.507 e. The van der Waals surface area contributed by atoms with Crippen molar-refractivity contribution in [2.45, 2.75) is 39.7 Å². The van der Waals surface area contributed by atoms with E-state index in [2.05, 4.69) is 0 Å². The van der Waals surface area contributed by atoms with Crippen molar-refractivity contribution < 1.29 is 28.9 Å². The molecule has 27 heavy (non-hydrogen) atoms. The topological polar surface area (TPSA) is 108 Å². The van der Waals surface area contributed by atoms with Gasteiger partial charge in [-0.1, -0.05) is 11.6 Å². The van der Waals surface area contributed by atoms with Crippen molar-refractivity contribution in [3.05, 3.63) is 46.2 Å². The fourth-order valence-electron chi connectivity index (χ4n) is 2.97. The Kier molecular flexibility index (Phi) is 6.87. The molecule has 0 saturated heterocycles. The van der Waals surface area contributed by atoms with Crippen LogP contribution in [-0.4, -0.2) is 30.8 Å². The molecule has 1 aromatic carbocycles. The van der Waals surface area contributed by atoms with Gasteiger partial charge in [-0.15, -0.1) is 0 Å². The molecule has 1 aliphatic heterocycles. The number of methoxy groups -OCH3 is 1. The Morgan fingerprint density at radius 3 is 2.78 bits per heavy atom. The second-order valence-corrected chi connectivity index (χ2v) is 6.28. The monoisotopic (exact) mass is 375 g/mol. The van der Waals surface area contributed by atoms with Gasteiger partial charge in [0.25, 0.3) is 0 Å². The number of esters is 2. The number of cyclic esters (lactones) is 1. The molecule has 0 spiro atoms. The number of aromatic hydroxyl groups is 1. The molecule has 0 aromatic heterocycles. The number of ether oxygens (including phenoxy) is 3. The predicted octanol–water partition coefficient (Wildman–Crippen LogP) is 2.66.